The van der Waals surface area contributed by atoms with E-state index in [4.69, 9.17) is 10.1 Å². The highest BCUT2D eigenvalue weighted by Gasteiger charge is 2.42. The SMILES string of the molecule is CC.CNCC(O)CNC(=O)N(C=N)c1cc(C(F)(F)F)cc(C(F)(F)F)c1OC(=O)N(C)c1ccc(F)cc1. The maximum atomic E-state index is 13.9. The number of halogens is 7. The lowest BCUT2D eigenvalue weighted by atomic mass is 10.1. The largest absolute Gasteiger partial charge is 0.420 e. The molecule has 222 valence electrons. The van der Waals surface area contributed by atoms with E-state index in [0.717, 1.165) is 31.3 Å². The van der Waals surface area contributed by atoms with Gasteiger partial charge in [0, 0.05) is 25.8 Å². The molecule has 2 aromatic rings. The van der Waals surface area contributed by atoms with Crippen LogP contribution in [0.5, 0.6) is 5.75 Å². The van der Waals surface area contributed by atoms with Crippen LogP contribution < -0.4 is 25.2 Å². The lowest BCUT2D eigenvalue weighted by Crippen LogP contribution is -2.44. The number of benzene rings is 2. The highest BCUT2D eigenvalue weighted by Crippen LogP contribution is 2.46. The van der Waals surface area contributed by atoms with E-state index in [1.807, 2.05) is 13.8 Å². The molecule has 9 nitrogen and oxygen atoms in total. The quantitative estimate of drug-likeness (QED) is 0.193. The number of hydrogen-bond donors (Lipinski definition) is 4. The molecule has 0 radical (unpaired) electrons. The summed E-state index contributed by atoms with van der Waals surface area (Å²) in [6.07, 6.45) is -13.4. The molecule has 16 heteroatoms. The molecule has 0 heterocycles. The summed E-state index contributed by atoms with van der Waals surface area (Å²) in [5.74, 6) is -2.19. The minimum atomic E-state index is -5.51. The van der Waals surface area contributed by atoms with Gasteiger partial charge in [0.25, 0.3) is 0 Å². The average Bonchev–Trinajstić information content (AvgIpc) is 2.88. The summed E-state index contributed by atoms with van der Waals surface area (Å²) in [5, 5.41) is 21.9. The second kappa shape index (κ2) is 14.5. The molecule has 0 bridgehead atoms. The van der Waals surface area contributed by atoms with Crippen LogP contribution in [0, 0.1) is 11.2 Å². The van der Waals surface area contributed by atoms with E-state index in [0.29, 0.717) is 4.90 Å². The number of ether oxygens (including phenoxy) is 1. The van der Waals surface area contributed by atoms with Crippen LogP contribution in [-0.2, 0) is 12.4 Å². The van der Waals surface area contributed by atoms with E-state index in [-0.39, 0.29) is 35.6 Å². The fourth-order valence-corrected chi connectivity index (χ4v) is 3.04. The van der Waals surface area contributed by atoms with Crippen LogP contribution >= 0.6 is 0 Å². The molecule has 2 rings (SSSR count). The first-order chi connectivity index (χ1) is 18.6. The highest BCUT2D eigenvalue weighted by atomic mass is 19.4. The van der Waals surface area contributed by atoms with E-state index in [2.05, 4.69) is 10.6 Å². The number of carbonyl (C=O) groups is 2. The van der Waals surface area contributed by atoms with Gasteiger partial charge in [0.15, 0.2) is 5.75 Å². The predicted octanol–water partition coefficient (Wildman–Crippen LogP) is 5.23. The minimum Gasteiger partial charge on any atom is -0.407 e. The van der Waals surface area contributed by atoms with Crippen molar-refractivity contribution in [2.45, 2.75) is 32.3 Å². The zero-order valence-corrected chi connectivity index (χ0v) is 21.7. The monoisotopic (exact) mass is 583 g/mol. The Balaban J connectivity index is 0.00000391. The molecule has 0 aliphatic rings. The number of carbonyl (C=O) groups excluding carboxylic acids is 2. The Kier molecular flexibility index (Phi) is 12.3. The van der Waals surface area contributed by atoms with E-state index < -0.39 is 65.5 Å². The zero-order valence-electron chi connectivity index (χ0n) is 21.7. The number of nitrogens with one attached hydrogen (secondary N) is 3. The maximum absolute atomic E-state index is 13.9. The third-order valence-corrected chi connectivity index (χ3v) is 4.92. The van der Waals surface area contributed by atoms with E-state index >= 15 is 0 Å². The van der Waals surface area contributed by atoms with Gasteiger partial charge in [-0.25, -0.2) is 18.9 Å². The maximum Gasteiger partial charge on any atom is 0.420 e. The normalized spacial score (nSPS) is 12.0. The Labute approximate surface area is 225 Å². The van der Waals surface area contributed by atoms with Crippen LogP contribution in [0.1, 0.15) is 25.0 Å². The van der Waals surface area contributed by atoms with Crippen molar-refractivity contribution in [1.29, 1.82) is 5.41 Å². The fourth-order valence-electron chi connectivity index (χ4n) is 3.04. The number of likely N-dealkylation sites (N-methyl/N-ethyl adjacent to an activating group) is 1. The molecular formula is C24H28F7N5O4. The summed E-state index contributed by atoms with van der Waals surface area (Å²) in [6, 6.07) is 2.45. The van der Waals surface area contributed by atoms with Crippen molar-refractivity contribution in [3.8, 4) is 5.75 Å². The molecule has 40 heavy (non-hydrogen) atoms. The lowest BCUT2D eigenvalue weighted by Gasteiger charge is -2.26. The molecule has 0 saturated heterocycles. The van der Waals surface area contributed by atoms with Crippen LogP contribution in [0.4, 0.5) is 51.7 Å². The summed E-state index contributed by atoms with van der Waals surface area (Å²) in [4.78, 5) is 26.0. The van der Waals surface area contributed by atoms with Crippen LogP contribution in [0.15, 0.2) is 36.4 Å². The number of nitrogens with zero attached hydrogens (tertiary/aromatic N) is 2. The lowest BCUT2D eigenvalue weighted by molar-refractivity contribution is -0.143. The van der Waals surface area contributed by atoms with E-state index in [1.165, 1.54) is 7.05 Å². The van der Waals surface area contributed by atoms with Crippen molar-refractivity contribution < 1.29 is 50.2 Å². The summed E-state index contributed by atoms with van der Waals surface area (Å²) in [6.45, 7) is 3.49. The summed E-state index contributed by atoms with van der Waals surface area (Å²) >= 11 is 0. The van der Waals surface area contributed by atoms with Gasteiger partial charge in [-0.05, 0) is 43.4 Å². The van der Waals surface area contributed by atoms with Crippen LogP contribution in [0.2, 0.25) is 0 Å². The molecule has 4 N–H and O–H groups in total. The third kappa shape index (κ3) is 9.08. The first kappa shape index (κ1) is 34.1. The van der Waals surface area contributed by atoms with Crippen molar-refractivity contribution in [3.63, 3.8) is 0 Å². The zero-order chi connectivity index (χ0) is 30.8. The van der Waals surface area contributed by atoms with Crippen molar-refractivity contribution in [1.82, 2.24) is 10.6 Å². The van der Waals surface area contributed by atoms with E-state index in [9.17, 15) is 45.4 Å². The predicted molar refractivity (Wildman–Crippen MR) is 133 cm³/mol. The number of anilines is 2. The van der Waals surface area contributed by atoms with Gasteiger partial charge >= 0.3 is 24.5 Å². The van der Waals surface area contributed by atoms with Crippen molar-refractivity contribution in [3.05, 3.63) is 53.3 Å². The van der Waals surface area contributed by atoms with Crippen molar-refractivity contribution in [2.24, 2.45) is 0 Å². The van der Waals surface area contributed by atoms with Gasteiger partial charge in [-0.2, -0.15) is 26.3 Å². The molecule has 1 unspecified atom stereocenters. The number of rotatable bonds is 8. The number of urea groups is 1. The summed E-state index contributed by atoms with van der Waals surface area (Å²) in [7, 11) is 2.51. The van der Waals surface area contributed by atoms with Crippen molar-refractivity contribution in [2.75, 3.05) is 37.0 Å². The molecule has 0 spiro atoms. The van der Waals surface area contributed by atoms with Gasteiger partial charge in [0.2, 0.25) is 0 Å². The van der Waals surface area contributed by atoms with Gasteiger partial charge in [0.1, 0.15) is 11.4 Å². The Morgan fingerprint density at radius 3 is 2.10 bits per heavy atom. The number of alkyl halides is 6. The standard InChI is InChI=1S/C22H22F7N5O4.C2H6/c1-31-9-15(35)10-32-19(36)34(11-30)17-8-12(21(24,25)26)7-16(22(27,28)29)18(17)38-20(37)33(2)14-5-3-13(23)4-6-14;1-2/h3-8,11,15,30-31,35H,9-10H2,1-2H3,(H,32,36);1-2H3. The van der Waals surface area contributed by atoms with Gasteiger partial charge in [0.05, 0.1) is 23.7 Å². The topological polar surface area (TPSA) is 118 Å². The smallest absolute Gasteiger partial charge is 0.407 e. The molecule has 0 aromatic heterocycles. The summed E-state index contributed by atoms with van der Waals surface area (Å²) < 4.78 is 100. The summed E-state index contributed by atoms with van der Waals surface area (Å²) in [5.41, 5.74) is -5.18. The first-order valence-electron chi connectivity index (χ1n) is 11.5. The van der Waals surface area contributed by atoms with Gasteiger partial charge < -0.3 is 20.5 Å². The molecular weight excluding hydrogens is 555 g/mol. The number of aliphatic hydroxyl groups is 1. The molecule has 0 fully saturated rings. The second-order valence-corrected chi connectivity index (χ2v) is 7.67. The van der Waals surface area contributed by atoms with Crippen molar-refractivity contribution >= 4 is 29.8 Å². The molecule has 0 saturated carbocycles. The van der Waals surface area contributed by atoms with Crippen LogP contribution in [0.3, 0.4) is 0 Å². The average molecular weight is 584 g/mol. The molecule has 2 aromatic carbocycles. The second-order valence-electron chi connectivity index (χ2n) is 7.67. The van der Waals surface area contributed by atoms with Gasteiger partial charge in [-0.15, -0.1) is 0 Å². The van der Waals surface area contributed by atoms with E-state index in [1.54, 1.807) is 0 Å². The molecule has 1 atom stereocenters. The Morgan fingerprint density at radius 2 is 1.62 bits per heavy atom. The minimum absolute atomic E-state index is 0.0226. The first-order valence-corrected chi connectivity index (χ1v) is 11.5. The Morgan fingerprint density at radius 1 is 1.05 bits per heavy atom. The van der Waals surface area contributed by atoms with Crippen LogP contribution in [0.25, 0.3) is 0 Å². The fraction of sp³-hybridized carbons (Fsp3) is 0.375. The number of aliphatic hydroxyl groups excluding tert-OH is 1. The molecule has 0 aliphatic heterocycles. The highest BCUT2D eigenvalue weighted by molar-refractivity contribution is 6.08. The molecule has 0 aliphatic carbocycles. The number of hydrogen-bond acceptors (Lipinski definition) is 6. The number of amides is 3. The van der Waals surface area contributed by atoms with Gasteiger partial charge in [-0.1, -0.05) is 13.8 Å². The third-order valence-electron chi connectivity index (χ3n) is 4.92. The molecule has 3 amide bonds. The Bertz CT molecular complexity index is 1160. The van der Waals surface area contributed by atoms with Crippen LogP contribution in [-0.4, -0.2) is 56.9 Å². The Hall–Kier alpha value is -3.92. The van der Waals surface area contributed by atoms with Gasteiger partial charge in [-0.3, -0.25) is 10.3 Å².